The number of terminal acetylenes is 1. The zero-order valence-electron chi connectivity index (χ0n) is 8.66. The fourth-order valence-electron chi connectivity index (χ4n) is 0.858. The van der Waals surface area contributed by atoms with Gasteiger partial charge in [-0.1, -0.05) is 17.7 Å². The molecule has 90 valence electrons. The van der Waals surface area contributed by atoms with E-state index in [4.69, 9.17) is 11.5 Å². The molecule has 1 aromatic rings. The molecule has 9 heteroatoms. The molecule has 0 atom stereocenters. The Balaban J connectivity index is 2.46. The quantitative estimate of drug-likeness (QED) is 0.475. The second-order valence-corrected chi connectivity index (χ2v) is 3.72. The fourth-order valence-corrected chi connectivity index (χ4v) is 1.56. The van der Waals surface area contributed by atoms with Crippen LogP contribution >= 0.6 is 11.8 Å². The van der Waals surface area contributed by atoms with Gasteiger partial charge in [0.1, 0.15) is 6.54 Å². The predicted octanol–water partition coefficient (Wildman–Crippen LogP) is -1.40. The molecule has 0 aromatic carbocycles. The Labute approximate surface area is 101 Å². The predicted molar refractivity (Wildman–Crippen MR) is 58.0 cm³/mol. The average Bonchev–Trinajstić information content (AvgIpc) is 2.70. The Bertz CT molecular complexity index is 452. The Morgan fingerprint density at radius 3 is 3.00 bits per heavy atom. The molecule has 1 rings (SSSR count). The number of aromatic nitrogens is 4. The van der Waals surface area contributed by atoms with Crippen molar-refractivity contribution in [2.24, 2.45) is 0 Å². The summed E-state index contributed by atoms with van der Waals surface area (Å²) in [5, 5.41) is 21.7. The highest BCUT2D eigenvalue weighted by molar-refractivity contribution is 7.99. The number of nitrogens with one attached hydrogen (secondary N) is 1. The summed E-state index contributed by atoms with van der Waals surface area (Å²) < 4.78 is 1.10. The molecule has 0 aliphatic heterocycles. The number of thioether (sulfide) groups is 1. The van der Waals surface area contributed by atoms with Gasteiger partial charge in [-0.2, -0.15) is 0 Å². The first-order chi connectivity index (χ1) is 8.13. The molecule has 0 fully saturated rings. The van der Waals surface area contributed by atoms with Crippen LogP contribution in [0, 0.1) is 12.3 Å². The number of rotatable bonds is 6. The van der Waals surface area contributed by atoms with Crippen LogP contribution in [-0.2, 0) is 16.1 Å². The Kier molecular flexibility index (Phi) is 4.96. The first kappa shape index (κ1) is 13.0. The van der Waals surface area contributed by atoms with E-state index < -0.39 is 5.97 Å². The molecule has 0 spiro atoms. The molecular formula is C8H9N5O3S. The van der Waals surface area contributed by atoms with Crippen LogP contribution in [0.2, 0.25) is 0 Å². The largest absolute Gasteiger partial charge is 0.480 e. The Hall–Kier alpha value is -2.08. The first-order valence-corrected chi connectivity index (χ1v) is 5.43. The standard InChI is InChI=1S/C8H9N5O3S/c1-2-3-9-6(14)5-17-8-10-11-12-13(8)4-7(15)16/h1H,3-5H2,(H,9,14)(H,15,16). The molecule has 1 amide bonds. The zero-order valence-corrected chi connectivity index (χ0v) is 9.48. The van der Waals surface area contributed by atoms with Gasteiger partial charge in [-0.15, -0.1) is 11.5 Å². The van der Waals surface area contributed by atoms with Gasteiger partial charge in [0.05, 0.1) is 12.3 Å². The lowest BCUT2D eigenvalue weighted by atomic mass is 10.6. The minimum absolute atomic E-state index is 0.0711. The fraction of sp³-hybridized carbons (Fsp3) is 0.375. The highest BCUT2D eigenvalue weighted by Crippen LogP contribution is 2.12. The van der Waals surface area contributed by atoms with Crippen molar-refractivity contribution in [3.63, 3.8) is 0 Å². The summed E-state index contributed by atoms with van der Waals surface area (Å²) in [6.07, 6.45) is 4.97. The minimum atomic E-state index is -1.06. The third-order valence-corrected chi connectivity index (χ3v) is 2.46. The molecule has 0 bridgehead atoms. The molecular weight excluding hydrogens is 246 g/mol. The number of carboxylic acids is 1. The smallest absolute Gasteiger partial charge is 0.325 e. The van der Waals surface area contributed by atoms with E-state index >= 15 is 0 Å². The molecule has 2 N–H and O–H groups in total. The molecule has 8 nitrogen and oxygen atoms in total. The summed E-state index contributed by atoms with van der Waals surface area (Å²) in [4.78, 5) is 21.7. The van der Waals surface area contributed by atoms with E-state index in [-0.39, 0.29) is 29.9 Å². The third kappa shape index (κ3) is 4.52. The number of tetrazole rings is 1. The molecule has 0 saturated carbocycles. The molecule has 0 unspecified atom stereocenters. The SMILES string of the molecule is C#CCNC(=O)CSc1nnnn1CC(=O)O. The number of hydrogen-bond acceptors (Lipinski definition) is 6. The topological polar surface area (TPSA) is 110 Å². The maximum absolute atomic E-state index is 11.2. The molecule has 1 heterocycles. The van der Waals surface area contributed by atoms with Gasteiger partial charge in [0.25, 0.3) is 0 Å². The summed E-state index contributed by atoms with van der Waals surface area (Å²) in [6, 6.07) is 0. The van der Waals surface area contributed by atoms with E-state index in [0.29, 0.717) is 0 Å². The van der Waals surface area contributed by atoms with Crippen molar-refractivity contribution in [2.45, 2.75) is 11.7 Å². The number of aliphatic carboxylic acids is 1. The number of amides is 1. The summed E-state index contributed by atoms with van der Waals surface area (Å²) in [7, 11) is 0. The van der Waals surface area contributed by atoms with Gasteiger partial charge in [0, 0.05) is 0 Å². The minimum Gasteiger partial charge on any atom is -0.480 e. The maximum atomic E-state index is 11.2. The molecule has 0 saturated heterocycles. The average molecular weight is 255 g/mol. The maximum Gasteiger partial charge on any atom is 0.325 e. The van der Waals surface area contributed by atoms with E-state index in [1.807, 2.05) is 0 Å². The summed E-state index contributed by atoms with van der Waals surface area (Å²) in [6.45, 7) is -0.194. The Morgan fingerprint density at radius 2 is 2.35 bits per heavy atom. The second kappa shape index (κ2) is 6.49. The van der Waals surface area contributed by atoms with Crippen molar-refractivity contribution in [3.8, 4) is 12.3 Å². The van der Waals surface area contributed by atoms with Crippen LogP contribution in [0.1, 0.15) is 0 Å². The van der Waals surface area contributed by atoms with Crippen LogP contribution in [0.25, 0.3) is 0 Å². The monoisotopic (exact) mass is 255 g/mol. The lowest BCUT2D eigenvalue weighted by Gasteiger charge is -2.01. The Morgan fingerprint density at radius 1 is 1.59 bits per heavy atom. The van der Waals surface area contributed by atoms with Gasteiger partial charge >= 0.3 is 5.97 Å². The van der Waals surface area contributed by atoms with Gasteiger partial charge in [-0.25, -0.2) is 4.68 Å². The van der Waals surface area contributed by atoms with E-state index in [0.717, 1.165) is 16.4 Å². The van der Waals surface area contributed by atoms with Crippen LogP contribution in [0.4, 0.5) is 0 Å². The molecule has 0 radical (unpaired) electrons. The second-order valence-electron chi connectivity index (χ2n) is 2.78. The third-order valence-electron chi connectivity index (χ3n) is 1.50. The van der Waals surface area contributed by atoms with Crippen molar-refractivity contribution < 1.29 is 14.7 Å². The van der Waals surface area contributed by atoms with Crippen LogP contribution in [0.3, 0.4) is 0 Å². The van der Waals surface area contributed by atoms with Gasteiger partial charge in [-0.05, 0) is 10.4 Å². The van der Waals surface area contributed by atoms with Gasteiger partial charge in [-0.3, -0.25) is 9.59 Å². The van der Waals surface area contributed by atoms with Crippen molar-refractivity contribution in [2.75, 3.05) is 12.3 Å². The summed E-state index contributed by atoms with van der Waals surface area (Å²) in [5.41, 5.74) is 0. The summed E-state index contributed by atoms with van der Waals surface area (Å²) in [5.74, 6) is 1.01. The molecule has 0 aliphatic rings. The molecule has 17 heavy (non-hydrogen) atoms. The van der Waals surface area contributed by atoms with Crippen LogP contribution in [-0.4, -0.2) is 49.5 Å². The van der Waals surface area contributed by atoms with Crippen LogP contribution < -0.4 is 5.32 Å². The zero-order chi connectivity index (χ0) is 12.7. The molecule has 1 aromatic heterocycles. The van der Waals surface area contributed by atoms with Crippen molar-refractivity contribution in [3.05, 3.63) is 0 Å². The summed E-state index contributed by atoms with van der Waals surface area (Å²) >= 11 is 1.04. The van der Waals surface area contributed by atoms with E-state index in [1.54, 1.807) is 0 Å². The normalized spacial score (nSPS) is 9.59. The lowest BCUT2D eigenvalue weighted by Crippen LogP contribution is -2.25. The van der Waals surface area contributed by atoms with Gasteiger partial charge < -0.3 is 10.4 Å². The number of carboxylic acid groups (broad SMARTS) is 1. The van der Waals surface area contributed by atoms with E-state index in [9.17, 15) is 9.59 Å². The van der Waals surface area contributed by atoms with Crippen molar-refractivity contribution in [1.29, 1.82) is 0 Å². The van der Waals surface area contributed by atoms with Crippen LogP contribution in [0.15, 0.2) is 5.16 Å². The van der Waals surface area contributed by atoms with E-state index in [1.165, 1.54) is 0 Å². The lowest BCUT2D eigenvalue weighted by molar-refractivity contribution is -0.138. The van der Waals surface area contributed by atoms with Gasteiger partial charge in [0.2, 0.25) is 11.1 Å². The number of carbonyl (C=O) groups is 2. The number of hydrogen-bond donors (Lipinski definition) is 2. The molecule has 0 aliphatic carbocycles. The number of nitrogens with zero attached hydrogens (tertiary/aromatic N) is 4. The van der Waals surface area contributed by atoms with Gasteiger partial charge in [0.15, 0.2) is 0 Å². The highest BCUT2D eigenvalue weighted by Gasteiger charge is 2.11. The van der Waals surface area contributed by atoms with Crippen molar-refractivity contribution >= 4 is 23.6 Å². The first-order valence-electron chi connectivity index (χ1n) is 4.44. The van der Waals surface area contributed by atoms with Crippen LogP contribution in [0.5, 0.6) is 0 Å². The van der Waals surface area contributed by atoms with Crippen molar-refractivity contribution in [1.82, 2.24) is 25.5 Å². The highest BCUT2D eigenvalue weighted by atomic mass is 32.2. The number of carbonyl (C=O) groups excluding carboxylic acids is 1. The van der Waals surface area contributed by atoms with E-state index in [2.05, 4.69) is 26.8 Å².